The number of nitro groups is 1. The molecule has 2 aromatic rings. The second-order valence-corrected chi connectivity index (χ2v) is 4.94. The Morgan fingerprint density at radius 3 is 2.64 bits per heavy atom. The summed E-state index contributed by atoms with van der Waals surface area (Å²) in [7, 11) is 1.88. The predicted octanol–water partition coefficient (Wildman–Crippen LogP) is 2.47. The van der Waals surface area contributed by atoms with Crippen LogP contribution >= 0.6 is 0 Å². The van der Waals surface area contributed by atoms with Gasteiger partial charge in [0.1, 0.15) is 18.5 Å². The number of nitro benzene ring substituents is 1. The molecule has 2 aromatic carbocycles. The van der Waals surface area contributed by atoms with Gasteiger partial charge in [-0.2, -0.15) is 0 Å². The third-order valence-electron chi connectivity index (χ3n) is 3.15. The van der Waals surface area contributed by atoms with E-state index in [1.807, 2.05) is 42.3 Å². The lowest BCUT2D eigenvalue weighted by Gasteiger charge is -2.22. The van der Waals surface area contributed by atoms with Gasteiger partial charge >= 0.3 is 0 Å². The third-order valence-corrected chi connectivity index (χ3v) is 3.15. The lowest BCUT2D eigenvalue weighted by atomic mass is 10.2. The Hall–Kier alpha value is -2.60. The number of hydrogen-bond acceptors (Lipinski definition) is 5. The summed E-state index contributed by atoms with van der Waals surface area (Å²) in [6.45, 7) is 0.470. The Kier molecular flexibility index (Phi) is 5.32. The molecule has 1 N–H and O–H groups in total. The maximum Gasteiger partial charge on any atom is 0.273 e. The van der Waals surface area contributed by atoms with E-state index in [9.17, 15) is 15.2 Å². The summed E-state index contributed by atoms with van der Waals surface area (Å²) in [6, 6.07) is 15.6. The number of non-ortho nitro benzene ring substituents is 1. The van der Waals surface area contributed by atoms with E-state index >= 15 is 0 Å². The standard InChI is InChI=1S/C16H18N2O4/c1-17(13-6-3-2-4-7-13)11-15(19)12-22-16-9-5-8-14(10-16)18(20)21/h2-10,15,19H,11-12H2,1H3/t15-/m1/s1. The van der Waals surface area contributed by atoms with E-state index in [2.05, 4.69) is 0 Å². The minimum absolute atomic E-state index is 0.0339. The fourth-order valence-corrected chi connectivity index (χ4v) is 2.04. The number of nitrogens with zero attached hydrogens (tertiary/aromatic N) is 2. The van der Waals surface area contributed by atoms with Crippen molar-refractivity contribution >= 4 is 11.4 Å². The molecular formula is C16H18N2O4. The smallest absolute Gasteiger partial charge is 0.273 e. The van der Waals surface area contributed by atoms with Gasteiger partial charge in [0.25, 0.3) is 5.69 Å². The zero-order valence-corrected chi connectivity index (χ0v) is 12.3. The van der Waals surface area contributed by atoms with Crippen molar-refractivity contribution in [2.75, 3.05) is 25.1 Å². The quantitative estimate of drug-likeness (QED) is 0.628. The van der Waals surface area contributed by atoms with Crippen LogP contribution in [0.15, 0.2) is 54.6 Å². The van der Waals surface area contributed by atoms with Crippen LogP contribution in [0.25, 0.3) is 0 Å². The molecule has 0 aliphatic carbocycles. The van der Waals surface area contributed by atoms with Gasteiger partial charge in [-0.1, -0.05) is 24.3 Å². The summed E-state index contributed by atoms with van der Waals surface area (Å²) in [5.41, 5.74) is 0.963. The number of hydrogen-bond donors (Lipinski definition) is 1. The Labute approximate surface area is 128 Å². The van der Waals surface area contributed by atoms with Crippen LogP contribution in [-0.4, -0.2) is 36.3 Å². The van der Waals surface area contributed by atoms with Gasteiger partial charge < -0.3 is 14.7 Å². The van der Waals surface area contributed by atoms with Crippen LogP contribution in [0.1, 0.15) is 0 Å². The molecule has 2 rings (SSSR count). The maximum absolute atomic E-state index is 10.7. The zero-order valence-electron chi connectivity index (χ0n) is 12.3. The molecule has 6 heteroatoms. The first kappa shape index (κ1) is 15.8. The van der Waals surface area contributed by atoms with Crippen molar-refractivity contribution in [3.05, 3.63) is 64.7 Å². The minimum Gasteiger partial charge on any atom is -0.491 e. The summed E-state index contributed by atoms with van der Waals surface area (Å²) in [4.78, 5) is 12.1. The molecule has 22 heavy (non-hydrogen) atoms. The van der Waals surface area contributed by atoms with E-state index in [0.717, 1.165) is 5.69 Å². The van der Waals surface area contributed by atoms with Gasteiger partial charge in [-0.3, -0.25) is 10.1 Å². The second kappa shape index (κ2) is 7.42. The lowest BCUT2D eigenvalue weighted by molar-refractivity contribution is -0.384. The van der Waals surface area contributed by atoms with Crippen molar-refractivity contribution in [2.24, 2.45) is 0 Å². The Morgan fingerprint density at radius 1 is 1.23 bits per heavy atom. The molecule has 116 valence electrons. The van der Waals surface area contributed by atoms with Gasteiger partial charge in [0, 0.05) is 25.3 Å². The highest BCUT2D eigenvalue weighted by atomic mass is 16.6. The van der Waals surface area contributed by atoms with Gasteiger partial charge in [-0.25, -0.2) is 0 Å². The minimum atomic E-state index is -0.704. The molecule has 6 nitrogen and oxygen atoms in total. The number of rotatable bonds is 7. The van der Waals surface area contributed by atoms with E-state index in [0.29, 0.717) is 12.3 Å². The number of benzene rings is 2. The van der Waals surface area contributed by atoms with Crippen LogP contribution in [0.4, 0.5) is 11.4 Å². The maximum atomic E-state index is 10.7. The first-order valence-electron chi connectivity index (χ1n) is 6.88. The largest absolute Gasteiger partial charge is 0.491 e. The Morgan fingerprint density at radius 2 is 1.95 bits per heavy atom. The highest BCUT2D eigenvalue weighted by Crippen LogP contribution is 2.19. The van der Waals surface area contributed by atoms with Gasteiger partial charge in [0.05, 0.1) is 11.0 Å². The van der Waals surface area contributed by atoms with Crippen LogP contribution in [0.3, 0.4) is 0 Å². The van der Waals surface area contributed by atoms with Crippen molar-refractivity contribution < 1.29 is 14.8 Å². The molecule has 0 bridgehead atoms. The average molecular weight is 302 g/mol. The highest BCUT2D eigenvalue weighted by Gasteiger charge is 2.11. The van der Waals surface area contributed by atoms with E-state index in [1.165, 1.54) is 12.1 Å². The van der Waals surface area contributed by atoms with Crippen LogP contribution < -0.4 is 9.64 Å². The number of para-hydroxylation sites is 1. The molecule has 0 saturated carbocycles. The van der Waals surface area contributed by atoms with Crippen LogP contribution in [-0.2, 0) is 0 Å². The van der Waals surface area contributed by atoms with Crippen LogP contribution in [0.5, 0.6) is 5.75 Å². The van der Waals surface area contributed by atoms with Gasteiger partial charge in [-0.15, -0.1) is 0 Å². The monoisotopic (exact) mass is 302 g/mol. The molecule has 0 saturated heterocycles. The topological polar surface area (TPSA) is 75.8 Å². The first-order chi connectivity index (χ1) is 10.6. The fourth-order valence-electron chi connectivity index (χ4n) is 2.04. The van der Waals surface area contributed by atoms with Crippen molar-refractivity contribution in [1.82, 2.24) is 0 Å². The molecule has 1 atom stereocenters. The molecule has 0 amide bonds. The third kappa shape index (κ3) is 4.46. The van der Waals surface area contributed by atoms with Gasteiger partial charge in [0.2, 0.25) is 0 Å². The normalized spacial score (nSPS) is 11.7. The van der Waals surface area contributed by atoms with Crippen molar-refractivity contribution in [3.63, 3.8) is 0 Å². The second-order valence-electron chi connectivity index (χ2n) is 4.94. The summed E-state index contributed by atoms with van der Waals surface area (Å²) in [5.74, 6) is 0.371. The number of aliphatic hydroxyl groups is 1. The first-order valence-corrected chi connectivity index (χ1v) is 6.88. The van der Waals surface area contributed by atoms with E-state index < -0.39 is 11.0 Å². The summed E-state index contributed by atoms with van der Waals surface area (Å²) >= 11 is 0. The summed E-state index contributed by atoms with van der Waals surface area (Å²) in [5, 5.41) is 20.7. The van der Waals surface area contributed by atoms with Crippen molar-refractivity contribution in [3.8, 4) is 5.75 Å². The molecule has 0 aliphatic rings. The summed E-state index contributed by atoms with van der Waals surface area (Å²) < 4.78 is 5.41. The number of anilines is 1. The lowest BCUT2D eigenvalue weighted by Crippen LogP contribution is -2.33. The molecule has 0 unspecified atom stereocenters. The van der Waals surface area contributed by atoms with Crippen molar-refractivity contribution in [2.45, 2.75) is 6.10 Å². The van der Waals surface area contributed by atoms with Gasteiger partial charge in [0.15, 0.2) is 0 Å². The average Bonchev–Trinajstić information content (AvgIpc) is 2.54. The molecule has 0 aliphatic heterocycles. The highest BCUT2D eigenvalue weighted by molar-refractivity contribution is 5.45. The molecule has 0 radical (unpaired) electrons. The molecular weight excluding hydrogens is 284 g/mol. The fraction of sp³-hybridized carbons (Fsp3) is 0.250. The SMILES string of the molecule is CN(C[C@@H](O)COc1cccc([N+](=O)[O-])c1)c1ccccc1. The van der Waals surface area contributed by atoms with Crippen LogP contribution in [0, 0.1) is 10.1 Å². The number of likely N-dealkylation sites (N-methyl/N-ethyl adjacent to an activating group) is 1. The number of aliphatic hydroxyl groups excluding tert-OH is 1. The Bertz CT molecular complexity index is 619. The van der Waals surface area contributed by atoms with E-state index in [-0.39, 0.29) is 12.3 Å². The predicted molar refractivity (Wildman–Crippen MR) is 84.3 cm³/mol. The Balaban J connectivity index is 1.86. The molecule has 0 aromatic heterocycles. The van der Waals surface area contributed by atoms with E-state index in [4.69, 9.17) is 4.74 Å². The van der Waals surface area contributed by atoms with Crippen molar-refractivity contribution in [1.29, 1.82) is 0 Å². The zero-order chi connectivity index (χ0) is 15.9. The molecule has 0 fully saturated rings. The van der Waals surface area contributed by atoms with Gasteiger partial charge in [-0.05, 0) is 18.2 Å². The summed E-state index contributed by atoms with van der Waals surface area (Å²) in [6.07, 6.45) is -0.704. The van der Waals surface area contributed by atoms with E-state index in [1.54, 1.807) is 12.1 Å². The number of ether oxygens (including phenoxy) is 1. The molecule has 0 heterocycles. The van der Waals surface area contributed by atoms with Crippen LogP contribution in [0.2, 0.25) is 0 Å². The molecule has 0 spiro atoms.